The summed E-state index contributed by atoms with van der Waals surface area (Å²) in [5.41, 5.74) is 2.34. The third kappa shape index (κ3) is 3.41. The van der Waals surface area contributed by atoms with Gasteiger partial charge in [-0.05, 0) is 25.8 Å². The maximum Gasteiger partial charge on any atom is 0.161 e. The number of hydrogen-bond donors (Lipinski definition) is 0. The van der Waals surface area contributed by atoms with Gasteiger partial charge in [0.2, 0.25) is 0 Å². The summed E-state index contributed by atoms with van der Waals surface area (Å²) in [6, 6.07) is 9.81. The van der Waals surface area contributed by atoms with Crippen molar-refractivity contribution in [1.29, 1.82) is 0 Å². The molecule has 1 saturated carbocycles. The highest BCUT2D eigenvalue weighted by Crippen LogP contribution is 2.60. The van der Waals surface area contributed by atoms with E-state index in [0.717, 1.165) is 5.56 Å². The van der Waals surface area contributed by atoms with Crippen LogP contribution in [0.2, 0.25) is 10.0 Å². The third-order valence-corrected chi connectivity index (χ3v) is 5.74. The molecule has 1 aliphatic rings. The van der Waals surface area contributed by atoms with E-state index in [2.05, 4.69) is 4.98 Å². The smallest absolute Gasteiger partial charge is 0.161 e. The monoisotopic (exact) mass is 389 g/mol. The van der Waals surface area contributed by atoms with Gasteiger partial charge in [-0.25, -0.2) is 0 Å². The molecule has 0 spiro atoms. The predicted octanol–water partition coefficient (Wildman–Crippen LogP) is 6.32. The zero-order chi connectivity index (χ0) is 16.8. The highest BCUT2D eigenvalue weighted by Gasteiger charge is 2.57. The molecule has 6 heteroatoms. The predicted molar refractivity (Wildman–Crippen MR) is 96.1 cm³/mol. The Bertz CT molecular complexity index is 707. The first-order chi connectivity index (χ1) is 10.8. The molecule has 0 aliphatic heterocycles. The first-order valence-corrected chi connectivity index (χ1v) is 8.74. The molecule has 0 N–H and O–H groups in total. The van der Waals surface area contributed by atoms with Crippen LogP contribution in [0.5, 0.6) is 5.75 Å². The second-order valence-corrected chi connectivity index (χ2v) is 8.06. The van der Waals surface area contributed by atoms with Gasteiger partial charge in [-0.3, -0.25) is 4.98 Å². The average molecular weight is 391 g/mol. The van der Waals surface area contributed by atoms with Crippen LogP contribution in [-0.4, -0.2) is 9.32 Å². The van der Waals surface area contributed by atoms with Gasteiger partial charge in [0, 0.05) is 5.92 Å². The van der Waals surface area contributed by atoms with Crippen LogP contribution in [0.4, 0.5) is 0 Å². The largest absolute Gasteiger partial charge is 0.482 e. The lowest BCUT2D eigenvalue weighted by Gasteiger charge is -2.22. The molecule has 2 unspecified atom stereocenters. The number of hydrogen-bond acceptors (Lipinski definition) is 2. The van der Waals surface area contributed by atoms with E-state index < -0.39 is 4.33 Å². The molecule has 1 aliphatic carbocycles. The molecule has 2 aromatic rings. The molecule has 1 aromatic carbocycles. The number of rotatable bonds is 4. The number of pyridine rings is 1. The normalized spacial score (nSPS) is 20.2. The fourth-order valence-corrected chi connectivity index (χ4v) is 3.57. The number of ether oxygens (including phenoxy) is 1. The Hall–Kier alpha value is -0.670. The highest BCUT2D eigenvalue weighted by atomic mass is 35.5. The van der Waals surface area contributed by atoms with Crippen LogP contribution >= 0.6 is 46.4 Å². The van der Waals surface area contributed by atoms with E-state index in [1.165, 1.54) is 0 Å². The molecule has 1 fully saturated rings. The van der Waals surface area contributed by atoms with Crippen molar-refractivity contribution in [2.45, 2.75) is 30.7 Å². The van der Waals surface area contributed by atoms with E-state index in [0.29, 0.717) is 33.6 Å². The summed E-state index contributed by atoms with van der Waals surface area (Å²) in [5, 5.41) is 0.828. The van der Waals surface area contributed by atoms with Crippen LogP contribution in [0.25, 0.3) is 0 Å². The summed E-state index contributed by atoms with van der Waals surface area (Å²) in [5.74, 6) is 0.414. The molecule has 122 valence electrons. The lowest BCUT2D eigenvalue weighted by Crippen LogP contribution is -2.14. The van der Waals surface area contributed by atoms with Gasteiger partial charge < -0.3 is 4.74 Å². The van der Waals surface area contributed by atoms with Crippen molar-refractivity contribution in [1.82, 2.24) is 4.98 Å². The Balaban J connectivity index is 2.01. The van der Waals surface area contributed by atoms with Gasteiger partial charge in [0.25, 0.3) is 0 Å². The van der Waals surface area contributed by atoms with Crippen LogP contribution in [0.15, 0.2) is 30.3 Å². The van der Waals surface area contributed by atoms with Crippen molar-refractivity contribution < 1.29 is 4.74 Å². The lowest BCUT2D eigenvalue weighted by molar-refractivity contribution is 0.180. The quantitative estimate of drug-likeness (QED) is 0.569. The number of aromatic nitrogens is 1. The standard InChI is InChI=1S/C17H15Cl4NO/c1-9-13(18)16(14(19)10(2)22-9)23-15(12-8-17(12,20)21)11-6-4-3-5-7-11/h3-7,12,15H,8H2,1-2H3. The molecule has 2 nitrogen and oxygen atoms in total. The van der Waals surface area contributed by atoms with Gasteiger partial charge in [0.1, 0.15) is 20.5 Å². The Morgan fingerprint density at radius 3 is 2.09 bits per heavy atom. The van der Waals surface area contributed by atoms with Crippen LogP contribution in [-0.2, 0) is 0 Å². The topological polar surface area (TPSA) is 22.1 Å². The lowest BCUT2D eigenvalue weighted by atomic mass is 10.1. The van der Waals surface area contributed by atoms with E-state index in [-0.39, 0.29) is 12.0 Å². The zero-order valence-electron chi connectivity index (χ0n) is 12.6. The minimum absolute atomic E-state index is 0.0193. The van der Waals surface area contributed by atoms with E-state index in [1.54, 1.807) is 0 Å². The van der Waals surface area contributed by atoms with Gasteiger partial charge in [-0.1, -0.05) is 53.5 Å². The molecule has 0 saturated heterocycles. The molecule has 3 rings (SSSR count). The van der Waals surface area contributed by atoms with E-state index >= 15 is 0 Å². The third-order valence-electron chi connectivity index (χ3n) is 3.98. The van der Waals surface area contributed by atoms with Crippen molar-refractivity contribution in [3.05, 3.63) is 57.3 Å². The van der Waals surface area contributed by atoms with Crippen LogP contribution < -0.4 is 4.74 Å². The summed E-state index contributed by atoms with van der Waals surface area (Å²) in [6.45, 7) is 3.64. The first kappa shape index (κ1) is 17.2. The average Bonchev–Trinajstić information content (AvgIpc) is 3.14. The van der Waals surface area contributed by atoms with Gasteiger partial charge in [-0.2, -0.15) is 0 Å². The Morgan fingerprint density at radius 2 is 1.61 bits per heavy atom. The highest BCUT2D eigenvalue weighted by molar-refractivity contribution is 6.51. The van der Waals surface area contributed by atoms with E-state index in [4.69, 9.17) is 51.1 Å². The summed E-state index contributed by atoms with van der Waals surface area (Å²) in [4.78, 5) is 4.31. The fourth-order valence-electron chi connectivity index (χ4n) is 2.59. The number of alkyl halides is 2. The molecule has 0 radical (unpaired) electrons. The van der Waals surface area contributed by atoms with Crippen LogP contribution in [0.3, 0.4) is 0 Å². The minimum atomic E-state index is -0.781. The van der Waals surface area contributed by atoms with Gasteiger partial charge in [0.05, 0.1) is 11.4 Å². The molecule has 0 amide bonds. The second kappa shape index (κ2) is 6.33. The molecule has 23 heavy (non-hydrogen) atoms. The number of halogens is 4. The van der Waals surface area contributed by atoms with Gasteiger partial charge >= 0.3 is 0 Å². The molecule has 0 bridgehead atoms. The fraction of sp³-hybridized carbons (Fsp3) is 0.353. The van der Waals surface area contributed by atoms with Crippen molar-refractivity contribution in [3.8, 4) is 5.75 Å². The van der Waals surface area contributed by atoms with Crippen LogP contribution in [0.1, 0.15) is 29.5 Å². The SMILES string of the molecule is Cc1nc(C)c(Cl)c(OC(c2ccccc2)C2CC2(Cl)Cl)c1Cl. The number of nitrogens with zero attached hydrogens (tertiary/aromatic N) is 1. The summed E-state index contributed by atoms with van der Waals surface area (Å²) < 4.78 is 5.43. The van der Waals surface area contributed by atoms with Crippen LogP contribution in [0, 0.1) is 19.8 Å². The molecule has 1 heterocycles. The Morgan fingerprint density at radius 1 is 1.09 bits per heavy atom. The Kier molecular flexibility index (Phi) is 4.72. The van der Waals surface area contributed by atoms with E-state index in [9.17, 15) is 0 Å². The minimum Gasteiger partial charge on any atom is -0.482 e. The maximum absolute atomic E-state index is 6.36. The molecular weight excluding hydrogens is 376 g/mol. The number of benzene rings is 1. The van der Waals surface area contributed by atoms with Crippen molar-refractivity contribution in [2.75, 3.05) is 0 Å². The first-order valence-electron chi connectivity index (χ1n) is 7.23. The second-order valence-electron chi connectivity index (χ2n) is 5.76. The summed E-state index contributed by atoms with van der Waals surface area (Å²) >= 11 is 25.3. The van der Waals surface area contributed by atoms with Gasteiger partial charge in [-0.15, -0.1) is 23.2 Å². The molecule has 2 atom stereocenters. The molecule has 1 aromatic heterocycles. The number of aryl methyl sites for hydroxylation is 2. The van der Waals surface area contributed by atoms with Crippen molar-refractivity contribution >= 4 is 46.4 Å². The van der Waals surface area contributed by atoms with E-state index in [1.807, 2.05) is 44.2 Å². The summed E-state index contributed by atoms with van der Waals surface area (Å²) in [7, 11) is 0. The van der Waals surface area contributed by atoms with Gasteiger partial charge in [0.15, 0.2) is 5.75 Å². The zero-order valence-corrected chi connectivity index (χ0v) is 15.6. The van der Waals surface area contributed by atoms with Crippen molar-refractivity contribution in [3.63, 3.8) is 0 Å². The Labute approximate surface area is 155 Å². The molecular formula is C17H15Cl4NO. The maximum atomic E-state index is 6.36. The summed E-state index contributed by atoms with van der Waals surface area (Å²) in [6.07, 6.45) is 0.343. The van der Waals surface area contributed by atoms with Crippen molar-refractivity contribution in [2.24, 2.45) is 5.92 Å².